The van der Waals surface area contributed by atoms with Crippen LogP contribution in [0.25, 0.3) is 0 Å². The number of nitrogens with one attached hydrogen (secondary N) is 1. The van der Waals surface area contributed by atoms with Crippen molar-refractivity contribution >= 4 is 15.5 Å². The van der Waals surface area contributed by atoms with Crippen LogP contribution in [-0.4, -0.2) is 32.4 Å². The van der Waals surface area contributed by atoms with E-state index >= 15 is 0 Å². The third-order valence-corrected chi connectivity index (χ3v) is 3.26. The van der Waals surface area contributed by atoms with Crippen molar-refractivity contribution in [2.24, 2.45) is 0 Å². The van der Waals surface area contributed by atoms with Crippen molar-refractivity contribution in [1.29, 1.82) is 0 Å². The van der Waals surface area contributed by atoms with Crippen molar-refractivity contribution in [3.05, 3.63) is 24.3 Å². The molecule has 0 aliphatic carbocycles. The Morgan fingerprint density at radius 1 is 1.25 bits per heavy atom. The lowest BCUT2D eigenvalue weighted by Gasteiger charge is -2.06. The summed E-state index contributed by atoms with van der Waals surface area (Å²) in [6, 6.07) is 4.93. The molecule has 0 heterocycles. The van der Waals surface area contributed by atoms with Crippen molar-refractivity contribution in [2.75, 3.05) is 18.5 Å². The Labute approximate surface area is 91.8 Å². The molecule has 0 saturated heterocycles. The summed E-state index contributed by atoms with van der Waals surface area (Å²) in [7, 11) is -4.52. The summed E-state index contributed by atoms with van der Waals surface area (Å²) in [5.41, 5.74) is 0.558. The van der Waals surface area contributed by atoms with E-state index < -0.39 is 20.5 Å². The summed E-state index contributed by atoms with van der Waals surface area (Å²) in [6.45, 7) is 0.234. The lowest BCUT2D eigenvalue weighted by atomic mass is 10.3. The molecule has 0 unspecified atom stereocenters. The van der Waals surface area contributed by atoms with Crippen molar-refractivity contribution in [1.82, 2.24) is 0 Å². The predicted molar refractivity (Wildman–Crippen MR) is 55.2 cm³/mol. The van der Waals surface area contributed by atoms with Crippen molar-refractivity contribution in [3.8, 4) is 0 Å². The number of sulfone groups is 1. The van der Waals surface area contributed by atoms with Gasteiger partial charge in [-0.15, -0.1) is 0 Å². The van der Waals surface area contributed by atoms with Gasteiger partial charge in [0.15, 0.2) is 0 Å². The highest BCUT2D eigenvalue weighted by Crippen LogP contribution is 2.19. The summed E-state index contributed by atoms with van der Waals surface area (Å²) < 4.78 is 46.4. The van der Waals surface area contributed by atoms with E-state index in [0.29, 0.717) is 12.2 Å². The molecule has 2 N–H and O–H groups in total. The maximum atomic E-state index is 12.2. The van der Waals surface area contributed by atoms with E-state index in [1.54, 1.807) is 0 Å². The smallest absolute Gasteiger partial charge is 0.341 e. The molecule has 1 aromatic carbocycles. The van der Waals surface area contributed by atoms with Gasteiger partial charge in [-0.25, -0.2) is 8.42 Å². The summed E-state index contributed by atoms with van der Waals surface area (Å²) >= 11 is 0. The number of hydrogen-bond donors (Lipinski definition) is 2. The van der Waals surface area contributed by atoms with E-state index in [-0.39, 0.29) is 6.61 Å². The summed E-state index contributed by atoms with van der Waals surface area (Å²) in [6.07, 6.45) is 0. The molecule has 16 heavy (non-hydrogen) atoms. The first-order chi connectivity index (χ1) is 7.48. The highest BCUT2D eigenvalue weighted by Gasteiger charge is 2.26. The van der Waals surface area contributed by atoms with Crippen LogP contribution in [0.1, 0.15) is 0 Å². The van der Waals surface area contributed by atoms with Gasteiger partial charge in [0.25, 0.3) is 0 Å². The number of aliphatic hydroxyl groups is 1. The maximum absolute atomic E-state index is 12.2. The third kappa shape index (κ3) is 2.89. The molecule has 0 amide bonds. The second kappa shape index (κ2) is 5.22. The van der Waals surface area contributed by atoms with Crippen LogP contribution in [0.3, 0.4) is 0 Å². The fourth-order valence-corrected chi connectivity index (χ4v) is 1.79. The molecular weight excluding hydrogens is 240 g/mol. The first-order valence-corrected chi connectivity index (χ1v) is 6.00. The summed E-state index contributed by atoms with van der Waals surface area (Å²) in [5, 5.41) is 11.3. The number of anilines is 1. The van der Waals surface area contributed by atoms with Crippen molar-refractivity contribution < 1.29 is 22.3 Å². The summed E-state index contributed by atoms with van der Waals surface area (Å²) in [4.78, 5) is -0.419. The molecule has 7 heteroatoms. The van der Waals surface area contributed by atoms with E-state index in [2.05, 4.69) is 5.32 Å². The first kappa shape index (κ1) is 12.9. The lowest BCUT2D eigenvalue weighted by molar-refractivity contribution is 0.234. The Morgan fingerprint density at radius 2 is 1.81 bits per heavy atom. The molecule has 0 aliphatic rings. The molecule has 0 saturated carbocycles. The minimum Gasteiger partial charge on any atom is -0.395 e. The van der Waals surface area contributed by atoms with Crippen molar-refractivity contribution in [3.63, 3.8) is 0 Å². The molecule has 1 aromatic rings. The van der Waals surface area contributed by atoms with Crippen molar-refractivity contribution in [2.45, 2.75) is 10.7 Å². The first-order valence-electron chi connectivity index (χ1n) is 4.45. The van der Waals surface area contributed by atoms with Crippen LogP contribution >= 0.6 is 0 Å². The van der Waals surface area contributed by atoms with E-state index in [4.69, 9.17) is 5.11 Å². The quantitative estimate of drug-likeness (QED) is 0.822. The Balaban J connectivity index is 2.87. The highest BCUT2D eigenvalue weighted by atomic mass is 32.2. The minimum atomic E-state index is -4.52. The second-order valence-electron chi connectivity index (χ2n) is 2.98. The van der Waals surface area contributed by atoms with Crippen LogP contribution in [0.15, 0.2) is 29.2 Å². The largest absolute Gasteiger partial charge is 0.395 e. The number of aliphatic hydroxyl groups excluding tert-OH is 1. The Morgan fingerprint density at radius 3 is 2.25 bits per heavy atom. The van der Waals surface area contributed by atoms with Gasteiger partial charge < -0.3 is 10.4 Å². The Kier molecular flexibility index (Phi) is 4.19. The van der Waals surface area contributed by atoms with E-state index in [0.717, 1.165) is 12.1 Å². The highest BCUT2D eigenvalue weighted by molar-refractivity contribution is 7.91. The van der Waals surface area contributed by atoms with Gasteiger partial charge in [0.1, 0.15) is 0 Å². The van der Waals surface area contributed by atoms with Gasteiger partial charge in [0.2, 0.25) is 9.84 Å². The predicted octanol–water partition coefficient (Wildman–Crippen LogP) is 1.09. The average molecular weight is 251 g/mol. The van der Waals surface area contributed by atoms with Gasteiger partial charge in [-0.2, -0.15) is 8.78 Å². The zero-order valence-electron chi connectivity index (χ0n) is 8.23. The number of halogens is 2. The van der Waals surface area contributed by atoms with Gasteiger partial charge in [-0.05, 0) is 24.3 Å². The van der Waals surface area contributed by atoms with Gasteiger partial charge >= 0.3 is 5.76 Å². The van der Waals surface area contributed by atoms with Crippen LogP contribution in [0, 0.1) is 0 Å². The second-order valence-corrected chi connectivity index (χ2v) is 4.90. The lowest BCUT2D eigenvalue weighted by Crippen LogP contribution is -2.11. The molecule has 0 aromatic heterocycles. The summed E-state index contributed by atoms with van der Waals surface area (Å²) in [5.74, 6) is -3.41. The van der Waals surface area contributed by atoms with Gasteiger partial charge in [0, 0.05) is 12.2 Å². The third-order valence-electron chi connectivity index (χ3n) is 1.86. The molecule has 4 nitrogen and oxygen atoms in total. The van der Waals surface area contributed by atoms with Crippen LogP contribution in [0.2, 0.25) is 0 Å². The minimum absolute atomic E-state index is 0.0723. The molecular formula is C9H11F2NO3S. The van der Waals surface area contributed by atoms with E-state index in [1.807, 2.05) is 0 Å². The van der Waals surface area contributed by atoms with Crippen LogP contribution in [0.5, 0.6) is 0 Å². The zero-order valence-corrected chi connectivity index (χ0v) is 9.05. The number of rotatable bonds is 5. The molecule has 0 radical (unpaired) electrons. The zero-order chi connectivity index (χ0) is 12.2. The van der Waals surface area contributed by atoms with Gasteiger partial charge in [0.05, 0.1) is 11.5 Å². The topological polar surface area (TPSA) is 66.4 Å². The molecule has 0 aliphatic heterocycles. The fourth-order valence-electron chi connectivity index (χ4n) is 1.07. The van der Waals surface area contributed by atoms with Gasteiger partial charge in [-0.3, -0.25) is 0 Å². The van der Waals surface area contributed by atoms with E-state index in [1.165, 1.54) is 12.1 Å². The number of benzene rings is 1. The van der Waals surface area contributed by atoms with Crippen LogP contribution in [0.4, 0.5) is 14.5 Å². The average Bonchev–Trinajstić information content (AvgIpc) is 2.26. The molecule has 90 valence electrons. The van der Waals surface area contributed by atoms with Crippen LogP contribution < -0.4 is 5.32 Å². The Hall–Kier alpha value is -1.21. The monoisotopic (exact) mass is 251 g/mol. The van der Waals surface area contributed by atoms with E-state index in [9.17, 15) is 17.2 Å². The molecule has 0 bridgehead atoms. The maximum Gasteiger partial charge on any atom is 0.341 e. The van der Waals surface area contributed by atoms with Crippen LogP contribution in [-0.2, 0) is 9.84 Å². The number of alkyl halides is 2. The molecule has 0 atom stereocenters. The molecule has 0 spiro atoms. The fraction of sp³-hybridized carbons (Fsp3) is 0.333. The standard InChI is InChI=1S/C9H11F2NO3S/c10-9(11)16(14,15)8-3-1-7(2-4-8)12-5-6-13/h1-4,9,12-13H,5-6H2. The molecule has 0 fully saturated rings. The Bertz CT molecular complexity index is 431. The normalized spacial score (nSPS) is 11.8. The SMILES string of the molecule is O=S(=O)(c1ccc(NCCO)cc1)C(F)F. The number of hydrogen-bond acceptors (Lipinski definition) is 4. The molecule has 1 rings (SSSR count). The van der Waals surface area contributed by atoms with Gasteiger partial charge in [-0.1, -0.05) is 0 Å².